The minimum atomic E-state index is -0.243. The first-order valence-corrected chi connectivity index (χ1v) is 6.29. The average molecular weight is 278 g/mol. The Morgan fingerprint density at radius 1 is 1.39 bits per heavy atom. The third-order valence-corrected chi connectivity index (χ3v) is 3.38. The molecule has 0 aromatic rings. The fourth-order valence-electron chi connectivity index (χ4n) is 2.32. The van der Waals surface area contributed by atoms with Gasteiger partial charge in [0.05, 0.1) is 0 Å². The lowest BCUT2D eigenvalue weighted by Gasteiger charge is -2.28. The lowest BCUT2D eigenvalue weighted by Crippen LogP contribution is -2.44. The number of hydrogen-bond acceptors (Lipinski definition) is 3. The van der Waals surface area contributed by atoms with E-state index in [1.165, 1.54) is 0 Å². The molecule has 0 aromatic carbocycles. The van der Waals surface area contributed by atoms with E-state index < -0.39 is 0 Å². The van der Waals surface area contributed by atoms with E-state index in [9.17, 15) is 9.59 Å². The highest BCUT2D eigenvalue weighted by molar-refractivity contribution is 5.85. The van der Waals surface area contributed by atoms with E-state index >= 15 is 0 Å². The largest absolute Gasteiger partial charge is 0.369 e. The van der Waals surface area contributed by atoms with E-state index in [2.05, 4.69) is 10.6 Å². The SMILES string of the molecule is CNCC(C)C(=O)NC1CCCC(C(N)=O)C1.Cl. The van der Waals surface area contributed by atoms with Crippen LogP contribution in [0.25, 0.3) is 0 Å². The maximum atomic E-state index is 11.8. The number of nitrogens with one attached hydrogen (secondary N) is 2. The van der Waals surface area contributed by atoms with Gasteiger partial charge in [-0.2, -0.15) is 0 Å². The number of amides is 2. The Hall–Kier alpha value is -0.810. The van der Waals surface area contributed by atoms with Crippen LogP contribution in [0.4, 0.5) is 0 Å². The molecule has 0 heterocycles. The van der Waals surface area contributed by atoms with Crippen molar-refractivity contribution in [1.82, 2.24) is 10.6 Å². The van der Waals surface area contributed by atoms with Gasteiger partial charge in [-0.15, -0.1) is 12.4 Å². The van der Waals surface area contributed by atoms with Crippen molar-refractivity contribution in [3.8, 4) is 0 Å². The quantitative estimate of drug-likeness (QED) is 0.681. The van der Waals surface area contributed by atoms with Crippen LogP contribution in [0.1, 0.15) is 32.6 Å². The van der Waals surface area contributed by atoms with E-state index in [1.54, 1.807) is 0 Å². The van der Waals surface area contributed by atoms with Crippen LogP contribution in [0.5, 0.6) is 0 Å². The summed E-state index contributed by atoms with van der Waals surface area (Å²) in [6, 6.07) is 0.105. The molecule has 1 aliphatic rings. The molecule has 18 heavy (non-hydrogen) atoms. The van der Waals surface area contributed by atoms with E-state index in [0.717, 1.165) is 19.3 Å². The van der Waals surface area contributed by atoms with Crippen molar-refractivity contribution in [2.75, 3.05) is 13.6 Å². The second-order valence-electron chi connectivity index (χ2n) is 4.93. The third-order valence-electron chi connectivity index (χ3n) is 3.38. The van der Waals surface area contributed by atoms with E-state index in [4.69, 9.17) is 5.73 Å². The molecule has 106 valence electrons. The lowest BCUT2D eigenvalue weighted by atomic mass is 9.85. The molecule has 1 aliphatic carbocycles. The summed E-state index contributed by atoms with van der Waals surface area (Å²) in [7, 11) is 1.83. The smallest absolute Gasteiger partial charge is 0.224 e. The maximum Gasteiger partial charge on any atom is 0.224 e. The highest BCUT2D eigenvalue weighted by Crippen LogP contribution is 2.24. The maximum absolute atomic E-state index is 11.8. The summed E-state index contributed by atoms with van der Waals surface area (Å²) in [6.45, 7) is 2.55. The first-order valence-electron chi connectivity index (χ1n) is 6.29. The summed E-state index contributed by atoms with van der Waals surface area (Å²) in [5.74, 6) is -0.315. The predicted octanol–water partition coefficient (Wildman–Crippen LogP) is 0.424. The summed E-state index contributed by atoms with van der Waals surface area (Å²) >= 11 is 0. The van der Waals surface area contributed by atoms with Crippen molar-refractivity contribution < 1.29 is 9.59 Å². The van der Waals surface area contributed by atoms with E-state index in [-0.39, 0.29) is 42.1 Å². The summed E-state index contributed by atoms with van der Waals surface area (Å²) in [5.41, 5.74) is 5.31. The molecule has 0 bridgehead atoms. The second-order valence-corrected chi connectivity index (χ2v) is 4.93. The Labute approximate surface area is 115 Å². The molecule has 0 spiro atoms. The molecule has 5 nitrogen and oxygen atoms in total. The Bertz CT molecular complexity index is 286. The standard InChI is InChI=1S/C12H23N3O2.ClH/c1-8(7-14-2)12(17)15-10-5-3-4-9(6-10)11(13)16;/h8-10,14H,3-7H2,1-2H3,(H2,13,16)(H,15,17);1H. The highest BCUT2D eigenvalue weighted by atomic mass is 35.5. The van der Waals surface area contributed by atoms with Gasteiger partial charge < -0.3 is 16.4 Å². The summed E-state index contributed by atoms with van der Waals surface area (Å²) < 4.78 is 0. The molecule has 1 saturated carbocycles. The zero-order valence-corrected chi connectivity index (χ0v) is 11.9. The summed E-state index contributed by atoms with van der Waals surface area (Å²) in [5, 5.41) is 5.98. The molecular formula is C12H24ClN3O2. The molecular weight excluding hydrogens is 254 g/mol. The van der Waals surface area contributed by atoms with Crippen molar-refractivity contribution in [3.63, 3.8) is 0 Å². The van der Waals surface area contributed by atoms with Crippen molar-refractivity contribution in [1.29, 1.82) is 0 Å². The van der Waals surface area contributed by atoms with E-state index in [1.807, 2.05) is 14.0 Å². The topological polar surface area (TPSA) is 84.2 Å². The van der Waals surface area contributed by atoms with Crippen molar-refractivity contribution in [2.24, 2.45) is 17.6 Å². The molecule has 0 aliphatic heterocycles. The lowest BCUT2D eigenvalue weighted by molar-refractivity contribution is -0.127. The Kier molecular flexibility index (Phi) is 7.95. The van der Waals surface area contributed by atoms with Crippen LogP contribution in [0.2, 0.25) is 0 Å². The van der Waals surface area contributed by atoms with E-state index in [0.29, 0.717) is 13.0 Å². The van der Waals surface area contributed by atoms with Gasteiger partial charge >= 0.3 is 0 Å². The normalized spacial score (nSPS) is 24.8. The van der Waals surface area contributed by atoms with Gasteiger partial charge in [0.25, 0.3) is 0 Å². The molecule has 0 radical (unpaired) electrons. The molecule has 3 atom stereocenters. The molecule has 6 heteroatoms. The minimum Gasteiger partial charge on any atom is -0.369 e. The monoisotopic (exact) mass is 277 g/mol. The number of primary amides is 1. The van der Waals surface area contributed by atoms with Gasteiger partial charge in [-0.1, -0.05) is 13.3 Å². The molecule has 1 rings (SSSR count). The Morgan fingerprint density at radius 3 is 2.61 bits per heavy atom. The number of carbonyl (C=O) groups is 2. The number of nitrogens with two attached hydrogens (primary N) is 1. The zero-order chi connectivity index (χ0) is 12.8. The molecule has 4 N–H and O–H groups in total. The van der Waals surface area contributed by atoms with Crippen LogP contribution < -0.4 is 16.4 Å². The van der Waals surface area contributed by atoms with Gasteiger partial charge in [0.15, 0.2) is 0 Å². The fourth-order valence-corrected chi connectivity index (χ4v) is 2.32. The van der Waals surface area contributed by atoms with Crippen LogP contribution in [0.3, 0.4) is 0 Å². The van der Waals surface area contributed by atoms with Gasteiger partial charge in [0.2, 0.25) is 11.8 Å². The highest BCUT2D eigenvalue weighted by Gasteiger charge is 2.27. The number of rotatable bonds is 5. The molecule has 0 saturated heterocycles. The Balaban J connectivity index is 0.00000289. The van der Waals surface area contributed by atoms with Gasteiger partial charge in [0, 0.05) is 24.4 Å². The van der Waals surface area contributed by atoms with Crippen LogP contribution in [0.15, 0.2) is 0 Å². The summed E-state index contributed by atoms with van der Waals surface area (Å²) in [6.07, 6.45) is 3.45. The first kappa shape index (κ1) is 17.2. The number of halogens is 1. The van der Waals surface area contributed by atoms with Crippen molar-refractivity contribution in [3.05, 3.63) is 0 Å². The van der Waals surface area contributed by atoms with Gasteiger partial charge in [0.1, 0.15) is 0 Å². The van der Waals surface area contributed by atoms with Crippen molar-refractivity contribution >= 4 is 24.2 Å². The Morgan fingerprint density at radius 2 is 2.06 bits per heavy atom. The number of hydrogen-bond donors (Lipinski definition) is 3. The molecule has 1 fully saturated rings. The fraction of sp³-hybridized carbons (Fsp3) is 0.833. The van der Waals surface area contributed by atoms with Crippen LogP contribution in [-0.2, 0) is 9.59 Å². The average Bonchev–Trinajstić information content (AvgIpc) is 2.29. The van der Waals surface area contributed by atoms with Gasteiger partial charge in [-0.3, -0.25) is 9.59 Å². The molecule has 0 aromatic heterocycles. The second kappa shape index (κ2) is 8.32. The van der Waals surface area contributed by atoms with Gasteiger partial charge in [-0.05, 0) is 26.3 Å². The van der Waals surface area contributed by atoms with Crippen LogP contribution in [-0.4, -0.2) is 31.4 Å². The predicted molar refractivity (Wildman–Crippen MR) is 73.4 cm³/mol. The third kappa shape index (κ3) is 5.23. The number of carbonyl (C=O) groups excluding carboxylic acids is 2. The zero-order valence-electron chi connectivity index (χ0n) is 11.1. The van der Waals surface area contributed by atoms with Crippen LogP contribution in [0, 0.1) is 11.8 Å². The molecule has 3 unspecified atom stereocenters. The summed E-state index contributed by atoms with van der Waals surface area (Å²) in [4.78, 5) is 22.9. The van der Waals surface area contributed by atoms with Crippen LogP contribution >= 0.6 is 12.4 Å². The first-order chi connectivity index (χ1) is 8.04. The molecule has 2 amide bonds. The van der Waals surface area contributed by atoms with Crippen molar-refractivity contribution in [2.45, 2.75) is 38.6 Å². The minimum absolute atomic E-state index is 0. The van der Waals surface area contributed by atoms with Gasteiger partial charge in [-0.25, -0.2) is 0 Å².